The number of hydrogen-bond acceptors (Lipinski definition) is 6. The van der Waals surface area contributed by atoms with Crippen LogP contribution < -0.4 is 4.90 Å². The maximum absolute atomic E-state index is 12.8. The number of hydrogen-bond donors (Lipinski definition) is 0. The molecule has 1 aliphatic heterocycles. The molecule has 1 aliphatic rings. The number of para-hydroxylation sites is 1. The Morgan fingerprint density at radius 2 is 1.89 bits per heavy atom. The highest BCUT2D eigenvalue weighted by molar-refractivity contribution is 6.54. The summed E-state index contributed by atoms with van der Waals surface area (Å²) in [5, 5.41) is 3.74. The smallest absolute Gasteiger partial charge is 0.400 e. The average molecular weight is 369 g/mol. The van der Waals surface area contributed by atoms with E-state index in [-0.39, 0.29) is 23.9 Å². The number of likely N-dealkylation sites (N-methyl/N-ethyl adjacent to an activating group) is 1. The summed E-state index contributed by atoms with van der Waals surface area (Å²) in [6.45, 7) is 4.76. The topological polar surface area (TPSA) is 92.4 Å². The number of carbonyl (C=O) groups is 3. The van der Waals surface area contributed by atoms with Gasteiger partial charge in [0.25, 0.3) is 5.91 Å². The number of anilines is 1. The number of amides is 2. The van der Waals surface area contributed by atoms with Crippen molar-refractivity contribution >= 4 is 29.2 Å². The van der Waals surface area contributed by atoms with Crippen molar-refractivity contribution in [2.45, 2.75) is 13.8 Å². The monoisotopic (exact) mass is 369 g/mol. The zero-order valence-electron chi connectivity index (χ0n) is 15.0. The predicted octanol–water partition coefficient (Wildman–Crippen LogP) is 2.06. The van der Waals surface area contributed by atoms with Crippen molar-refractivity contribution in [3.05, 3.63) is 54.0 Å². The lowest BCUT2D eigenvalue weighted by Gasteiger charge is -2.23. The summed E-state index contributed by atoms with van der Waals surface area (Å²) in [6, 6.07) is 9.89. The molecule has 1 aromatic heterocycles. The van der Waals surface area contributed by atoms with Gasteiger partial charge in [-0.25, -0.2) is 4.79 Å². The van der Waals surface area contributed by atoms with Crippen LogP contribution in [0.4, 0.5) is 5.69 Å². The maximum atomic E-state index is 12.8. The number of furan rings is 1. The molecule has 0 atom stereocenters. The standard InChI is InChI=1S/C19H19N3O5/c1-3-21(4-2)16(23)12-22-14-9-6-5-8-13(14)17(18(22)24)20-27-19(25)15-10-7-11-26-15/h5-11H,3-4,12H2,1-2H3/b20-17-. The number of benzene rings is 1. The van der Waals surface area contributed by atoms with Crippen LogP contribution in [0.5, 0.6) is 0 Å². The normalized spacial score (nSPS) is 14.4. The molecule has 0 bridgehead atoms. The van der Waals surface area contributed by atoms with Crippen molar-refractivity contribution in [1.82, 2.24) is 4.90 Å². The van der Waals surface area contributed by atoms with Crippen LogP contribution in [0.1, 0.15) is 30.0 Å². The third-order valence-electron chi connectivity index (χ3n) is 4.25. The molecule has 0 aliphatic carbocycles. The molecule has 0 N–H and O–H groups in total. The van der Waals surface area contributed by atoms with Crippen molar-refractivity contribution in [1.29, 1.82) is 0 Å². The fraction of sp³-hybridized carbons (Fsp3) is 0.263. The van der Waals surface area contributed by atoms with E-state index >= 15 is 0 Å². The third-order valence-corrected chi connectivity index (χ3v) is 4.25. The lowest BCUT2D eigenvalue weighted by atomic mass is 10.1. The number of carbonyl (C=O) groups excluding carboxylic acids is 3. The van der Waals surface area contributed by atoms with E-state index in [0.29, 0.717) is 24.3 Å². The van der Waals surface area contributed by atoms with Gasteiger partial charge in [-0.05, 0) is 32.0 Å². The second kappa shape index (κ2) is 7.86. The summed E-state index contributed by atoms with van der Waals surface area (Å²) >= 11 is 0. The predicted molar refractivity (Wildman–Crippen MR) is 97.4 cm³/mol. The van der Waals surface area contributed by atoms with Crippen molar-refractivity contribution in [2.24, 2.45) is 5.16 Å². The summed E-state index contributed by atoms with van der Waals surface area (Å²) in [5.74, 6) is -1.50. The van der Waals surface area contributed by atoms with Crippen LogP contribution in [0.3, 0.4) is 0 Å². The van der Waals surface area contributed by atoms with E-state index in [9.17, 15) is 14.4 Å². The largest absolute Gasteiger partial charge is 0.457 e. The van der Waals surface area contributed by atoms with Crippen LogP contribution in [0.25, 0.3) is 0 Å². The molecule has 0 fully saturated rings. The minimum absolute atomic E-state index is 0.0216. The lowest BCUT2D eigenvalue weighted by molar-refractivity contribution is -0.130. The summed E-state index contributed by atoms with van der Waals surface area (Å²) in [4.78, 5) is 45.0. The first kappa shape index (κ1) is 18.4. The van der Waals surface area contributed by atoms with Crippen LogP contribution in [-0.2, 0) is 14.4 Å². The molecule has 1 aromatic carbocycles. The molecular formula is C19H19N3O5. The summed E-state index contributed by atoms with van der Waals surface area (Å²) < 4.78 is 4.94. The molecular weight excluding hydrogens is 350 g/mol. The van der Waals surface area contributed by atoms with Crippen LogP contribution in [0.2, 0.25) is 0 Å². The van der Waals surface area contributed by atoms with E-state index in [0.717, 1.165) is 0 Å². The lowest BCUT2D eigenvalue weighted by Crippen LogP contribution is -2.42. The van der Waals surface area contributed by atoms with Gasteiger partial charge in [0, 0.05) is 18.7 Å². The summed E-state index contributed by atoms with van der Waals surface area (Å²) in [5.41, 5.74) is 1.02. The van der Waals surface area contributed by atoms with Crippen molar-refractivity contribution in [2.75, 3.05) is 24.5 Å². The van der Waals surface area contributed by atoms with Crippen LogP contribution in [0.15, 0.2) is 52.2 Å². The van der Waals surface area contributed by atoms with Gasteiger partial charge in [0.1, 0.15) is 6.54 Å². The molecule has 2 heterocycles. The second-order valence-corrected chi connectivity index (χ2v) is 5.77. The zero-order valence-corrected chi connectivity index (χ0v) is 15.0. The first-order valence-corrected chi connectivity index (χ1v) is 8.58. The Balaban J connectivity index is 1.85. The molecule has 0 saturated carbocycles. The molecule has 2 aromatic rings. The maximum Gasteiger partial charge on any atom is 0.400 e. The number of fused-ring (bicyclic) bond motifs is 1. The molecule has 0 radical (unpaired) electrons. The van der Waals surface area contributed by atoms with E-state index in [1.54, 1.807) is 35.2 Å². The van der Waals surface area contributed by atoms with Crippen LogP contribution >= 0.6 is 0 Å². The van der Waals surface area contributed by atoms with Crippen LogP contribution in [0, 0.1) is 0 Å². The molecule has 27 heavy (non-hydrogen) atoms. The highest BCUT2D eigenvalue weighted by atomic mass is 16.7. The molecule has 8 heteroatoms. The Hall–Kier alpha value is -3.42. The molecule has 2 amide bonds. The highest BCUT2D eigenvalue weighted by Gasteiger charge is 2.36. The Bertz CT molecular complexity index is 885. The van der Waals surface area contributed by atoms with Gasteiger partial charge in [-0.2, -0.15) is 0 Å². The first-order valence-electron chi connectivity index (χ1n) is 8.58. The van der Waals surface area contributed by atoms with Crippen molar-refractivity contribution in [3.8, 4) is 0 Å². The fourth-order valence-corrected chi connectivity index (χ4v) is 2.85. The van der Waals surface area contributed by atoms with Gasteiger partial charge in [-0.15, -0.1) is 0 Å². The Labute approximate surface area is 156 Å². The summed E-state index contributed by atoms with van der Waals surface area (Å²) in [7, 11) is 0. The van der Waals surface area contributed by atoms with Crippen molar-refractivity contribution < 1.29 is 23.6 Å². The van der Waals surface area contributed by atoms with Gasteiger partial charge >= 0.3 is 5.97 Å². The molecule has 0 saturated heterocycles. The van der Waals surface area contributed by atoms with Gasteiger partial charge in [0.2, 0.25) is 11.7 Å². The Morgan fingerprint density at radius 1 is 1.15 bits per heavy atom. The summed E-state index contributed by atoms with van der Waals surface area (Å²) in [6.07, 6.45) is 1.33. The SMILES string of the molecule is CCN(CC)C(=O)CN1C(=O)/C(=N\OC(=O)c2ccco2)c2ccccc21. The number of rotatable bonds is 6. The Morgan fingerprint density at radius 3 is 2.56 bits per heavy atom. The van der Waals surface area contributed by atoms with Crippen molar-refractivity contribution in [3.63, 3.8) is 0 Å². The van der Waals surface area contributed by atoms with E-state index in [4.69, 9.17) is 9.25 Å². The molecule has 140 valence electrons. The average Bonchev–Trinajstić information content (AvgIpc) is 3.29. The highest BCUT2D eigenvalue weighted by Crippen LogP contribution is 2.29. The van der Waals surface area contributed by atoms with Gasteiger partial charge in [0.05, 0.1) is 12.0 Å². The quantitative estimate of drug-likeness (QED) is 0.574. The minimum Gasteiger partial charge on any atom is -0.457 e. The fourth-order valence-electron chi connectivity index (χ4n) is 2.85. The van der Waals surface area contributed by atoms with E-state index < -0.39 is 11.9 Å². The Kier molecular flexibility index (Phi) is 5.35. The van der Waals surface area contributed by atoms with Crippen LogP contribution in [-0.4, -0.2) is 48.0 Å². The molecule has 0 spiro atoms. The molecule has 3 rings (SSSR count). The first-order chi connectivity index (χ1) is 13.1. The number of oxime groups is 1. The minimum atomic E-state index is -0.810. The van der Waals surface area contributed by atoms with Gasteiger partial charge < -0.3 is 14.2 Å². The van der Waals surface area contributed by atoms with E-state index in [1.807, 2.05) is 13.8 Å². The van der Waals surface area contributed by atoms with E-state index in [2.05, 4.69) is 5.16 Å². The molecule has 0 unspecified atom stereocenters. The zero-order chi connectivity index (χ0) is 19.4. The van der Waals surface area contributed by atoms with Gasteiger partial charge in [0.15, 0.2) is 5.71 Å². The van der Waals surface area contributed by atoms with Gasteiger partial charge in [-0.3, -0.25) is 14.5 Å². The number of nitrogens with zero attached hydrogens (tertiary/aromatic N) is 3. The molecule has 8 nitrogen and oxygen atoms in total. The third kappa shape index (κ3) is 3.59. The van der Waals surface area contributed by atoms with Gasteiger partial charge in [-0.1, -0.05) is 23.4 Å². The second-order valence-electron chi connectivity index (χ2n) is 5.77. The van der Waals surface area contributed by atoms with E-state index in [1.165, 1.54) is 17.2 Å².